The van der Waals surface area contributed by atoms with Crippen LogP contribution in [0.3, 0.4) is 0 Å². The van der Waals surface area contributed by atoms with Crippen molar-refractivity contribution in [1.82, 2.24) is 4.90 Å². The van der Waals surface area contributed by atoms with E-state index in [4.69, 9.17) is 4.74 Å². The average molecular weight is 375 g/mol. The second kappa shape index (κ2) is 8.87. The molecule has 0 unspecified atom stereocenters. The molecule has 150 valence electrons. The Bertz CT molecular complexity index is 684. The van der Waals surface area contributed by atoms with E-state index in [9.17, 15) is 9.59 Å². The van der Waals surface area contributed by atoms with E-state index in [1.807, 2.05) is 13.8 Å². The number of nitrogens with zero attached hydrogens (tertiary/aromatic N) is 2. The first-order valence-electron chi connectivity index (χ1n) is 9.98. The van der Waals surface area contributed by atoms with Gasteiger partial charge in [0, 0.05) is 43.9 Å². The van der Waals surface area contributed by atoms with Crippen molar-refractivity contribution in [3.05, 3.63) is 28.8 Å². The number of piperazine rings is 1. The van der Waals surface area contributed by atoms with Crippen LogP contribution < -0.4 is 4.90 Å². The Balaban J connectivity index is 2.23. The number of benzene rings is 1. The minimum Gasteiger partial charge on any atom is -0.465 e. The zero-order valence-electron chi connectivity index (χ0n) is 17.7. The highest BCUT2D eigenvalue weighted by molar-refractivity contribution is 5.97. The van der Waals surface area contributed by atoms with E-state index in [0.29, 0.717) is 19.6 Å². The molecule has 1 aliphatic heterocycles. The van der Waals surface area contributed by atoms with Gasteiger partial charge in [-0.15, -0.1) is 0 Å². The lowest BCUT2D eigenvalue weighted by Gasteiger charge is -2.37. The summed E-state index contributed by atoms with van der Waals surface area (Å²) < 4.78 is 5.05. The topological polar surface area (TPSA) is 49.9 Å². The lowest BCUT2D eigenvalue weighted by atomic mass is 9.81. The Labute approximate surface area is 163 Å². The fourth-order valence-corrected chi connectivity index (χ4v) is 3.71. The number of Topliss-reactive ketones (excluding diaryl/α,β-unsaturated/α-hetero) is 1. The normalized spacial score (nSPS) is 15.7. The summed E-state index contributed by atoms with van der Waals surface area (Å²) in [5.74, 6) is 0.0235. The molecule has 0 aliphatic carbocycles. The molecular weight excluding hydrogens is 340 g/mol. The van der Waals surface area contributed by atoms with E-state index in [1.165, 1.54) is 11.1 Å². The minimum atomic E-state index is -0.160. The first-order valence-corrected chi connectivity index (χ1v) is 9.98. The molecule has 0 atom stereocenters. The minimum absolute atomic E-state index is 0.0192. The summed E-state index contributed by atoms with van der Waals surface area (Å²) in [6.07, 6.45) is 0.513. The molecule has 1 aliphatic rings. The fourth-order valence-electron chi connectivity index (χ4n) is 3.71. The lowest BCUT2D eigenvalue weighted by molar-refractivity contribution is -0.144. The summed E-state index contributed by atoms with van der Waals surface area (Å²) in [6, 6.07) is 4.12. The van der Waals surface area contributed by atoms with Gasteiger partial charge in [-0.1, -0.05) is 27.7 Å². The van der Waals surface area contributed by atoms with Gasteiger partial charge in [0.25, 0.3) is 0 Å². The van der Waals surface area contributed by atoms with Crippen LogP contribution in [-0.4, -0.2) is 56.0 Å². The smallest absolute Gasteiger partial charge is 0.320 e. The highest BCUT2D eigenvalue weighted by atomic mass is 16.5. The van der Waals surface area contributed by atoms with Crippen LogP contribution in [0.1, 0.15) is 62.5 Å². The third-order valence-electron chi connectivity index (χ3n) is 5.20. The zero-order valence-corrected chi connectivity index (χ0v) is 17.7. The quantitative estimate of drug-likeness (QED) is 0.563. The third kappa shape index (κ3) is 5.32. The standard InChI is InChI=1S/C22H34N2O3/c1-7-20(25)17-13-18(22(4,5)6)16(3)19(14-17)24-11-9-23(10-12-24)15-21(26)27-8-2/h13-14H,7-12,15H2,1-6H3. The van der Waals surface area contributed by atoms with Gasteiger partial charge in [-0.05, 0) is 42.5 Å². The maximum Gasteiger partial charge on any atom is 0.320 e. The molecule has 1 saturated heterocycles. The van der Waals surface area contributed by atoms with Gasteiger partial charge in [0.15, 0.2) is 5.78 Å². The Hall–Kier alpha value is -1.88. The molecule has 0 spiro atoms. The Kier molecular flexibility index (Phi) is 7.04. The van der Waals surface area contributed by atoms with Crippen molar-refractivity contribution in [2.75, 3.05) is 44.2 Å². The van der Waals surface area contributed by atoms with Crippen LogP contribution in [0.15, 0.2) is 12.1 Å². The van der Waals surface area contributed by atoms with E-state index in [0.717, 1.165) is 37.4 Å². The van der Waals surface area contributed by atoms with Crippen molar-refractivity contribution in [3.63, 3.8) is 0 Å². The predicted molar refractivity (Wildman–Crippen MR) is 110 cm³/mol. The van der Waals surface area contributed by atoms with Crippen LogP contribution in [0.25, 0.3) is 0 Å². The maximum absolute atomic E-state index is 12.4. The van der Waals surface area contributed by atoms with Gasteiger partial charge >= 0.3 is 5.97 Å². The number of ether oxygens (including phenoxy) is 1. The Morgan fingerprint density at radius 3 is 2.22 bits per heavy atom. The molecule has 27 heavy (non-hydrogen) atoms. The van der Waals surface area contributed by atoms with Gasteiger partial charge in [0.2, 0.25) is 0 Å². The summed E-state index contributed by atoms with van der Waals surface area (Å²) in [6.45, 7) is 16.5. The van der Waals surface area contributed by atoms with Gasteiger partial charge in [-0.3, -0.25) is 14.5 Å². The number of esters is 1. The van der Waals surface area contributed by atoms with Crippen molar-refractivity contribution < 1.29 is 14.3 Å². The monoisotopic (exact) mass is 374 g/mol. The number of ketones is 1. The first-order chi connectivity index (χ1) is 12.7. The third-order valence-corrected chi connectivity index (χ3v) is 5.20. The number of carbonyl (C=O) groups excluding carboxylic acids is 2. The van der Waals surface area contributed by atoms with E-state index >= 15 is 0 Å². The van der Waals surface area contributed by atoms with Crippen molar-refractivity contribution in [1.29, 1.82) is 0 Å². The van der Waals surface area contributed by atoms with Crippen LogP contribution in [0.5, 0.6) is 0 Å². The number of carbonyl (C=O) groups is 2. The Morgan fingerprint density at radius 2 is 1.70 bits per heavy atom. The number of rotatable bonds is 6. The molecule has 0 aromatic heterocycles. The highest BCUT2D eigenvalue weighted by Gasteiger charge is 2.25. The lowest BCUT2D eigenvalue weighted by Crippen LogP contribution is -2.48. The van der Waals surface area contributed by atoms with E-state index < -0.39 is 0 Å². The molecule has 0 saturated carbocycles. The van der Waals surface area contributed by atoms with Crippen LogP contribution >= 0.6 is 0 Å². The summed E-state index contributed by atoms with van der Waals surface area (Å²) in [7, 11) is 0. The number of hydrogen-bond acceptors (Lipinski definition) is 5. The molecule has 0 radical (unpaired) electrons. The van der Waals surface area contributed by atoms with Crippen LogP contribution in [0, 0.1) is 6.92 Å². The molecule has 0 bridgehead atoms. The van der Waals surface area contributed by atoms with Gasteiger partial charge in [0.1, 0.15) is 0 Å². The summed E-state index contributed by atoms with van der Waals surface area (Å²) in [4.78, 5) is 28.6. The first kappa shape index (κ1) is 21.4. The largest absolute Gasteiger partial charge is 0.465 e. The average Bonchev–Trinajstić information content (AvgIpc) is 2.61. The van der Waals surface area contributed by atoms with Crippen molar-refractivity contribution in [2.45, 2.75) is 53.4 Å². The predicted octanol–water partition coefficient (Wildman–Crippen LogP) is 3.57. The summed E-state index contributed by atoms with van der Waals surface area (Å²) in [5, 5.41) is 0. The van der Waals surface area contributed by atoms with Crippen molar-refractivity contribution in [3.8, 4) is 0 Å². The molecule has 1 aromatic rings. The van der Waals surface area contributed by atoms with E-state index in [1.54, 1.807) is 0 Å². The highest BCUT2D eigenvalue weighted by Crippen LogP contribution is 2.34. The number of anilines is 1. The molecule has 2 rings (SSSR count). The van der Waals surface area contributed by atoms with Gasteiger partial charge in [-0.25, -0.2) is 0 Å². The second-order valence-electron chi connectivity index (χ2n) is 8.26. The van der Waals surface area contributed by atoms with Crippen LogP contribution in [0.2, 0.25) is 0 Å². The van der Waals surface area contributed by atoms with E-state index in [-0.39, 0.29) is 17.2 Å². The molecule has 1 heterocycles. The van der Waals surface area contributed by atoms with Gasteiger partial charge < -0.3 is 9.64 Å². The summed E-state index contributed by atoms with van der Waals surface area (Å²) in [5.41, 5.74) is 4.40. The van der Waals surface area contributed by atoms with Crippen LogP contribution in [-0.2, 0) is 14.9 Å². The molecule has 0 N–H and O–H groups in total. The molecule has 1 fully saturated rings. The van der Waals surface area contributed by atoms with Gasteiger partial charge in [-0.2, -0.15) is 0 Å². The molecule has 1 aromatic carbocycles. The summed E-state index contributed by atoms with van der Waals surface area (Å²) >= 11 is 0. The van der Waals surface area contributed by atoms with Crippen LogP contribution in [0.4, 0.5) is 5.69 Å². The number of hydrogen-bond donors (Lipinski definition) is 0. The van der Waals surface area contributed by atoms with Gasteiger partial charge in [0.05, 0.1) is 13.2 Å². The molecular formula is C22H34N2O3. The van der Waals surface area contributed by atoms with E-state index in [2.05, 4.69) is 49.6 Å². The zero-order chi connectivity index (χ0) is 20.2. The molecule has 0 amide bonds. The SMILES string of the molecule is CCOC(=O)CN1CCN(c2cc(C(=O)CC)cc(C(C)(C)C)c2C)CC1. The fraction of sp³-hybridized carbons (Fsp3) is 0.636. The Morgan fingerprint density at radius 1 is 1.07 bits per heavy atom. The van der Waals surface area contributed by atoms with Crippen molar-refractivity contribution >= 4 is 17.4 Å². The maximum atomic E-state index is 12.4. The molecule has 5 heteroatoms. The molecule has 5 nitrogen and oxygen atoms in total. The second-order valence-corrected chi connectivity index (χ2v) is 8.26. The van der Waals surface area contributed by atoms with Crippen molar-refractivity contribution in [2.24, 2.45) is 0 Å².